The highest BCUT2D eigenvalue weighted by Crippen LogP contribution is 2.18. The van der Waals surface area contributed by atoms with Gasteiger partial charge in [0.2, 0.25) is 0 Å². The lowest BCUT2D eigenvalue weighted by Gasteiger charge is -2.12. The summed E-state index contributed by atoms with van der Waals surface area (Å²) in [4.78, 5) is 24.1. The molecular formula is C24H24N2O3. The van der Waals surface area contributed by atoms with Crippen LogP contribution in [0.1, 0.15) is 38.8 Å². The number of amides is 1. The van der Waals surface area contributed by atoms with Gasteiger partial charge in [0.05, 0.1) is 12.7 Å². The second kappa shape index (κ2) is 9.55. The lowest BCUT2D eigenvalue weighted by molar-refractivity contribution is 0.0600. The molecule has 0 radical (unpaired) electrons. The van der Waals surface area contributed by atoms with E-state index in [1.54, 1.807) is 30.3 Å². The summed E-state index contributed by atoms with van der Waals surface area (Å²) in [7, 11) is 1.33. The molecule has 0 atom stereocenters. The minimum atomic E-state index is -0.410. The van der Waals surface area contributed by atoms with Crippen molar-refractivity contribution in [3.05, 3.63) is 95.1 Å². The molecule has 2 N–H and O–H groups in total. The van der Waals surface area contributed by atoms with Crippen molar-refractivity contribution < 1.29 is 14.3 Å². The van der Waals surface area contributed by atoms with Crippen LogP contribution >= 0.6 is 0 Å². The van der Waals surface area contributed by atoms with E-state index in [0.717, 1.165) is 17.7 Å². The van der Waals surface area contributed by atoms with Crippen LogP contribution in [0.2, 0.25) is 0 Å². The molecule has 5 nitrogen and oxygen atoms in total. The standard InChI is InChI=1S/C24H24N2O3/c1-3-18-8-4-5-10-22(18)25-16-17-7-6-9-20(15-17)23(27)26-21-13-11-19(12-14-21)24(28)29-2/h4-15,25H,3,16H2,1-2H3,(H,26,27). The van der Waals surface area contributed by atoms with Crippen molar-refractivity contribution in [3.63, 3.8) is 0 Å². The lowest BCUT2D eigenvalue weighted by atomic mass is 10.1. The van der Waals surface area contributed by atoms with Gasteiger partial charge in [-0.1, -0.05) is 37.3 Å². The third-order valence-corrected chi connectivity index (χ3v) is 4.63. The Kier molecular flexibility index (Phi) is 6.63. The van der Waals surface area contributed by atoms with Crippen molar-refractivity contribution in [2.24, 2.45) is 0 Å². The van der Waals surface area contributed by atoms with E-state index in [-0.39, 0.29) is 5.91 Å². The average molecular weight is 388 g/mol. The maximum Gasteiger partial charge on any atom is 0.337 e. The molecule has 0 aromatic heterocycles. The fourth-order valence-corrected chi connectivity index (χ4v) is 3.03. The van der Waals surface area contributed by atoms with Crippen LogP contribution in [0.15, 0.2) is 72.8 Å². The van der Waals surface area contributed by atoms with Crippen LogP contribution in [-0.2, 0) is 17.7 Å². The van der Waals surface area contributed by atoms with Crippen LogP contribution < -0.4 is 10.6 Å². The first-order valence-electron chi connectivity index (χ1n) is 9.51. The van der Waals surface area contributed by atoms with E-state index in [2.05, 4.69) is 34.4 Å². The quantitative estimate of drug-likeness (QED) is 0.565. The number of nitrogens with one attached hydrogen (secondary N) is 2. The van der Waals surface area contributed by atoms with Crippen molar-refractivity contribution in [1.29, 1.82) is 0 Å². The summed E-state index contributed by atoms with van der Waals surface area (Å²) < 4.78 is 4.68. The van der Waals surface area contributed by atoms with Gasteiger partial charge >= 0.3 is 5.97 Å². The molecule has 0 saturated heterocycles. The molecule has 3 aromatic rings. The number of carbonyl (C=O) groups excluding carboxylic acids is 2. The highest BCUT2D eigenvalue weighted by atomic mass is 16.5. The zero-order valence-corrected chi connectivity index (χ0v) is 16.6. The second-order valence-electron chi connectivity index (χ2n) is 6.59. The summed E-state index contributed by atoms with van der Waals surface area (Å²) in [6.45, 7) is 2.76. The number of methoxy groups -OCH3 is 1. The van der Waals surface area contributed by atoms with Crippen LogP contribution in [-0.4, -0.2) is 19.0 Å². The number of hydrogen-bond acceptors (Lipinski definition) is 4. The molecule has 29 heavy (non-hydrogen) atoms. The van der Waals surface area contributed by atoms with Crippen LogP contribution in [0.4, 0.5) is 11.4 Å². The fraction of sp³-hybridized carbons (Fsp3) is 0.167. The van der Waals surface area contributed by atoms with Crippen molar-refractivity contribution in [2.45, 2.75) is 19.9 Å². The van der Waals surface area contributed by atoms with Crippen molar-refractivity contribution in [1.82, 2.24) is 0 Å². The van der Waals surface area contributed by atoms with Gasteiger partial charge in [0, 0.05) is 23.5 Å². The zero-order chi connectivity index (χ0) is 20.6. The van der Waals surface area contributed by atoms with E-state index < -0.39 is 5.97 Å². The number of esters is 1. The predicted molar refractivity (Wildman–Crippen MR) is 115 cm³/mol. The van der Waals surface area contributed by atoms with Crippen molar-refractivity contribution in [3.8, 4) is 0 Å². The molecule has 0 unspecified atom stereocenters. The molecule has 0 aliphatic heterocycles. The monoisotopic (exact) mass is 388 g/mol. The van der Waals surface area contributed by atoms with E-state index in [0.29, 0.717) is 23.4 Å². The summed E-state index contributed by atoms with van der Waals surface area (Å²) in [6, 6.07) is 22.3. The molecule has 1 amide bonds. The minimum Gasteiger partial charge on any atom is -0.465 e. The van der Waals surface area contributed by atoms with Gasteiger partial charge < -0.3 is 15.4 Å². The maximum atomic E-state index is 12.6. The second-order valence-corrected chi connectivity index (χ2v) is 6.59. The van der Waals surface area contributed by atoms with Crippen LogP contribution in [0.3, 0.4) is 0 Å². The molecule has 0 aliphatic carbocycles. The van der Waals surface area contributed by atoms with Crippen molar-refractivity contribution in [2.75, 3.05) is 17.7 Å². The Labute approximate surface area is 170 Å². The van der Waals surface area contributed by atoms with E-state index in [4.69, 9.17) is 0 Å². The van der Waals surface area contributed by atoms with E-state index in [9.17, 15) is 9.59 Å². The highest BCUT2D eigenvalue weighted by Gasteiger charge is 2.09. The molecule has 0 aliphatic rings. The minimum absolute atomic E-state index is 0.202. The first-order valence-corrected chi connectivity index (χ1v) is 9.51. The molecule has 0 fully saturated rings. The lowest BCUT2D eigenvalue weighted by Crippen LogP contribution is -2.13. The maximum absolute atomic E-state index is 12.6. The van der Waals surface area contributed by atoms with Gasteiger partial charge in [0.1, 0.15) is 0 Å². The number of aryl methyl sites for hydroxylation is 1. The van der Waals surface area contributed by atoms with Gasteiger partial charge in [-0.15, -0.1) is 0 Å². The Balaban J connectivity index is 1.65. The average Bonchev–Trinajstić information content (AvgIpc) is 2.78. The van der Waals surface area contributed by atoms with E-state index in [1.807, 2.05) is 30.3 Å². The van der Waals surface area contributed by atoms with Gasteiger partial charge in [-0.25, -0.2) is 4.79 Å². The summed E-state index contributed by atoms with van der Waals surface area (Å²) in [5.41, 5.74) is 5.01. The number of rotatable bonds is 7. The number of carbonyl (C=O) groups is 2. The fourth-order valence-electron chi connectivity index (χ4n) is 3.03. The Morgan fingerprint density at radius 1 is 0.897 bits per heavy atom. The molecule has 0 heterocycles. The predicted octanol–water partition coefficient (Wildman–Crippen LogP) is 4.90. The third-order valence-electron chi connectivity index (χ3n) is 4.63. The van der Waals surface area contributed by atoms with Crippen LogP contribution in [0.25, 0.3) is 0 Å². The molecule has 148 valence electrons. The number of benzene rings is 3. The van der Waals surface area contributed by atoms with Gasteiger partial charge in [-0.05, 0) is 60.0 Å². The molecule has 0 bridgehead atoms. The molecule has 0 saturated carbocycles. The SMILES string of the molecule is CCc1ccccc1NCc1cccc(C(=O)Nc2ccc(C(=O)OC)cc2)c1. The Morgan fingerprint density at radius 3 is 2.38 bits per heavy atom. The number of anilines is 2. The smallest absolute Gasteiger partial charge is 0.337 e. The first kappa shape index (κ1) is 20.1. The van der Waals surface area contributed by atoms with Crippen LogP contribution in [0.5, 0.6) is 0 Å². The Hall–Kier alpha value is -3.60. The molecule has 5 heteroatoms. The summed E-state index contributed by atoms with van der Waals surface area (Å²) in [5, 5.41) is 6.29. The largest absolute Gasteiger partial charge is 0.465 e. The van der Waals surface area contributed by atoms with Gasteiger partial charge in [0.25, 0.3) is 5.91 Å². The topological polar surface area (TPSA) is 67.4 Å². The molecule has 3 aromatic carbocycles. The first-order chi connectivity index (χ1) is 14.1. The van der Waals surface area contributed by atoms with Gasteiger partial charge in [0.15, 0.2) is 0 Å². The van der Waals surface area contributed by atoms with Gasteiger partial charge in [-0.3, -0.25) is 4.79 Å². The van der Waals surface area contributed by atoms with E-state index in [1.165, 1.54) is 12.7 Å². The normalized spacial score (nSPS) is 10.3. The third kappa shape index (κ3) is 5.23. The number of ether oxygens (including phenoxy) is 1. The van der Waals surface area contributed by atoms with E-state index >= 15 is 0 Å². The summed E-state index contributed by atoms with van der Waals surface area (Å²) in [5.74, 6) is -0.612. The van der Waals surface area contributed by atoms with Crippen molar-refractivity contribution >= 4 is 23.3 Å². The molecule has 0 spiro atoms. The molecule has 3 rings (SSSR count). The molecular weight excluding hydrogens is 364 g/mol. The summed E-state index contributed by atoms with van der Waals surface area (Å²) >= 11 is 0. The number of hydrogen-bond donors (Lipinski definition) is 2. The zero-order valence-electron chi connectivity index (χ0n) is 16.6. The number of para-hydroxylation sites is 1. The Morgan fingerprint density at radius 2 is 1.66 bits per heavy atom. The van der Waals surface area contributed by atoms with Gasteiger partial charge in [-0.2, -0.15) is 0 Å². The summed E-state index contributed by atoms with van der Waals surface area (Å²) in [6.07, 6.45) is 0.959. The highest BCUT2D eigenvalue weighted by molar-refractivity contribution is 6.04. The van der Waals surface area contributed by atoms with Crippen LogP contribution in [0, 0.1) is 0 Å². The Bertz CT molecular complexity index is 997.